The van der Waals surface area contributed by atoms with E-state index in [2.05, 4.69) is 0 Å². The van der Waals surface area contributed by atoms with Crippen molar-refractivity contribution in [2.24, 2.45) is 0 Å². The number of morpholine rings is 1. The summed E-state index contributed by atoms with van der Waals surface area (Å²) in [5, 5.41) is 10.5. The van der Waals surface area contributed by atoms with Gasteiger partial charge in [-0.15, -0.1) is 0 Å². The molecule has 2 rings (SSSR count). The van der Waals surface area contributed by atoms with Gasteiger partial charge in [0, 0.05) is 5.97 Å². The molecule has 0 amide bonds. The summed E-state index contributed by atoms with van der Waals surface area (Å²) >= 11 is 0. The fraction of sp³-hybridized carbons (Fsp3) is 0.533. The number of quaternary nitrogens is 1. The molecule has 1 aromatic carbocycles. The molecule has 1 aliphatic rings. The Morgan fingerprint density at radius 1 is 1.30 bits per heavy atom. The molecule has 1 fully saturated rings. The van der Waals surface area contributed by atoms with Gasteiger partial charge in [0.05, 0.1) is 13.2 Å². The van der Waals surface area contributed by atoms with Gasteiger partial charge in [0.2, 0.25) is 0 Å². The van der Waals surface area contributed by atoms with Crippen molar-refractivity contribution in [1.29, 1.82) is 0 Å². The normalized spacial score (nSPS) is 16.0. The summed E-state index contributed by atoms with van der Waals surface area (Å²) < 4.78 is 11.1. The van der Waals surface area contributed by atoms with Crippen LogP contribution in [-0.4, -0.2) is 45.4 Å². The SMILES string of the molecule is O=C([O-])CCc1ccccc1OCC[NH+]1CCOCC1. The maximum Gasteiger partial charge on any atom is 0.137 e. The summed E-state index contributed by atoms with van der Waals surface area (Å²) in [6, 6.07) is 7.59. The highest BCUT2D eigenvalue weighted by atomic mass is 16.5. The molecule has 0 aromatic heterocycles. The Morgan fingerprint density at radius 2 is 2.05 bits per heavy atom. The van der Waals surface area contributed by atoms with Crippen LogP contribution in [0.2, 0.25) is 0 Å². The second-order valence-electron chi connectivity index (χ2n) is 4.94. The lowest BCUT2D eigenvalue weighted by molar-refractivity contribution is -0.908. The van der Waals surface area contributed by atoms with Crippen LogP contribution in [-0.2, 0) is 16.0 Å². The molecule has 0 bridgehead atoms. The van der Waals surface area contributed by atoms with Crippen molar-refractivity contribution in [1.82, 2.24) is 0 Å². The lowest BCUT2D eigenvalue weighted by Gasteiger charge is -2.23. The van der Waals surface area contributed by atoms with Crippen LogP contribution in [0, 0.1) is 0 Å². The topological polar surface area (TPSA) is 63.0 Å². The van der Waals surface area contributed by atoms with E-state index in [0.29, 0.717) is 13.0 Å². The number of hydrogen-bond donors (Lipinski definition) is 1. The number of carboxylic acid groups (broad SMARTS) is 1. The molecule has 0 aliphatic carbocycles. The number of aliphatic carboxylic acids is 1. The third kappa shape index (κ3) is 4.83. The highest BCUT2D eigenvalue weighted by molar-refractivity contribution is 5.64. The number of para-hydroxylation sites is 1. The van der Waals surface area contributed by atoms with Crippen LogP contribution in [0.25, 0.3) is 0 Å². The molecule has 110 valence electrons. The molecule has 1 aromatic rings. The van der Waals surface area contributed by atoms with Crippen molar-refractivity contribution < 1.29 is 24.3 Å². The summed E-state index contributed by atoms with van der Waals surface area (Å²) in [7, 11) is 0. The second kappa shape index (κ2) is 7.87. The Bertz CT molecular complexity index is 430. The van der Waals surface area contributed by atoms with Crippen molar-refractivity contribution in [2.45, 2.75) is 12.8 Å². The Labute approximate surface area is 119 Å². The van der Waals surface area contributed by atoms with Gasteiger partial charge in [0.1, 0.15) is 32.0 Å². The molecule has 1 aliphatic heterocycles. The smallest absolute Gasteiger partial charge is 0.137 e. The van der Waals surface area contributed by atoms with E-state index in [1.54, 1.807) is 0 Å². The third-order valence-corrected chi connectivity index (χ3v) is 3.48. The molecule has 5 nitrogen and oxygen atoms in total. The highest BCUT2D eigenvalue weighted by Crippen LogP contribution is 2.19. The van der Waals surface area contributed by atoms with Crippen molar-refractivity contribution in [2.75, 3.05) is 39.5 Å². The fourth-order valence-corrected chi connectivity index (χ4v) is 2.30. The number of carbonyl (C=O) groups is 1. The van der Waals surface area contributed by atoms with E-state index in [-0.39, 0.29) is 6.42 Å². The summed E-state index contributed by atoms with van der Waals surface area (Å²) in [6.07, 6.45) is 0.470. The zero-order valence-electron chi connectivity index (χ0n) is 11.6. The predicted molar refractivity (Wildman–Crippen MR) is 71.6 cm³/mol. The number of carboxylic acids is 1. The Morgan fingerprint density at radius 3 is 2.80 bits per heavy atom. The molecule has 0 unspecified atom stereocenters. The molecular formula is C15H21NO4. The molecule has 1 saturated heterocycles. The van der Waals surface area contributed by atoms with Crippen LogP contribution in [0.3, 0.4) is 0 Å². The predicted octanol–water partition coefficient (Wildman–Crippen LogP) is -1.34. The number of carbonyl (C=O) groups excluding carboxylic acids is 1. The largest absolute Gasteiger partial charge is 0.550 e. The minimum atomic E-state index is -1.03. The van der Waals surface area contributed by atoms with Gasteiger partial charge in [-0.3, -0.25) is 0 Å². The first-order valence-corrected chi connectivity index (χ1v) is 7.07. The number of benzene rings is 1. The standard InChI is InChI=1S/C15H21NO4/c17-15(18)6-5-13-3-1-2-4-14(13)20-12-9-16-7-10-19-11-8-16/h1-4H,5-12H2,(H,17,18). The monoisotopic (exact) mass is 279 g/mol. The van der Waals surface area contributed by atoms with E-state index in [1.807, 2.05) is 24.3 Å². The summed E-state index contributed by atoms with van der Waals surface area (Å²) in [5.74, 6) is -0.251. The quantitative estimate of drug-likeness (QED) is 0.671. The minimum absolute atomic E-state index is 0.0229. The van der Waals surface area contributed by atoms with Gasteiger partial charge >= 0.3 is 0 Å². The van der Waals surface area contributed by atoms with Gasteiger partial charge in [0.15, 0.2) is 0 Å². The lowest BCUT2D eigenvalue weighted by atomic mass is 10.1. The molecule has 5 heteroatoms. The molecular weight excluding hydrogens is 258 g/mol. The van der Waals surface area contributed by atoms with E-state index in [0.717, 1.165) is 44.2 Å². The van der Waals surface area contributed by atoms with Gasteiger partial charge in [-0.05, 0) is 24.5 Å². The maximum atomic E-state index is 10.5. The van der Waals surface area contributed by atoms with Gasteiger partial charge in [-0.1, -0.05) is 18.2 Å². The van der Waals surface area contributed by atoms with Crippen molar-refractivity contribution in [3.05, 3.63) is 29.8 Å². The van der Waals surface area contributed by atoms with Crippen LogP contribution in [0.15, 0.2) is 24.3 Å². The van der Waals surface area contributed by atoms with Gasteiger partial charge in [-0.25, -0.2) is 0 Å². The third-order valence-electron chi connectivity index (χ3n) is 3.48. The first kappa shape index (κ1) is 14.8. The number of rotatable bonds is 7. The van der Waals surface area contributed by atoms with E-state index in [4.69, 9.17) is 9.47 Å². The van der Waals surface area contributed by atoms with E-state index >= 15 is 0 Å². The van der Waals surface area contributed by atoms with Gasteiger partial charge in [0.25, 0.3) is 0 Å². The second-order valence-corrected chi connectivity index (χ2v) is 4.94. The molecule has 1 N–H and O–H groups in total. The van der Waals surface area contributed by atoms with Crippen molar-refractivity contribution in [3.63, 3.8) is 0 Å². The summed E-state index contributed by atoms with van der Waals surface area (Å²) in [5.41, 5.74) is 0.925. The van der Waals surface area contributed by atoms with Crippen LogP contribution in [0.5, 0.6) is 5.75 Å². The average molecular weight is 279 g/mol. The van der Waals surface area contributed by atoms with Gasteiger partial charge in [-0.2, -0.15) is 0 Å². The first-order valence-electron chi connectivity index (χ1n) is 7.07. The molecule has 20 heavy (non-hydrogen) atoms. The van der Waals surface area contributed by atoms with Crippen molar-refractivity contribution in [3.8, 4) is 5.75 Å². The average Bonchev–Trinajstić information content (AvgIpc) is 2.47. The van der Waals surface area contributed by atoms with Crippen LogP contribution < -0.4 is 14.7 Å². The van der Waals surface area contributed by atoms with Crippen molar-refractivity contribution >= 4 is 5.97 Å². The zero-order chi connectivity index (χ0) is 14.2. The number of aryl methyl sites for hydroxylation is 1. The Hall–Kier alpha value is -1.59. The van der Waals surface area contributed by atoms with Crippen LogP contribution in [0.1, 0.15) is 12.0 Å². The summed E-state index contributed by atoms with van der Waals surface area (Å²) in [6.45, 7) is 5.26. The van der Waals surface area contributed by atoms with Crippen LogP contribution >= 0.6 is 0 Å². The van der Waals surface area contributed by atoms with Gasteiger partial charge < -0.3 is 24.3 Å². The number of nitrogens with one attached hydrogen (secondary N) is 1. The first-order chi connectivity index (χ1) is 9.75. The number of hydrogen-bond acceptors (Lipinski definition) is 4. The molecule has 0 atom stereocenters. The molecule has 0 spiro atoms. The highest BCUT2D eigenvalue weighted by Gasteiger charge is 2.13. The molecule has 1 heterocycles. The number of ether oxygens (including phenoxy) is 2. The van der Waals surface area contributed by atoms with E-state index in [1.165, 1.54) is 4.90 Å². The maximum absolute atomic E-state index is 10.5. The molecule has 0 saturated carbocycles. The Balaban J connectivity index is 1.80. The lowest BCUT2D eigenvalue weighted by Crippen LogP contribution is -3.14. The fourth-order valence-electron chi connectivity index (χ4n) is 2.30. The van der Waals surface area contributed by atoms with E-state index < -0.39 is 5.97 Å². The molecule has 0 radical (unpaired) electrons. The summed E-state index contributed by atoms with van der Waals surface area (Å²) in [4.78, 5) is 12.0. The van der Waals surface area contributed by atoms with Crippen LogP contribution in [0.4, 0.5) is 0 Å². The zero-order valence-corrected chi connectivity index (χ0v) is 11.6. The minimum Gasteiger partial charge on any atom is -0.550 e. The Kier molecular flexibility index (Phi) is 5.83. The van der Waals surface area contributed by atoms with E-state index in [9.17, 15) is 9.90 Å².